The molecule has 33 heavy (non-hydrogen) atoms. The Morgan fingerprint density at radius 3 is 2.12 bits per heavy atom. The Hall–Kier alpha value is -2.07. The Bertz CT molecular complexity index is 1010. The third-order valence-corrected chi connectivity index (χ3v) is 6.94. The van der Waals surface area contributed by atoms with Crippen LogP contribution in [0.15, 0.2) is 60.7 Å². The van der Waals surface area contributed by atoms with E-state index in [1.807, 2.05) is 0 Å². The molecule has 0 saturated carbocycles. The van der Waals surface area contributed by atoms with Crippen molar-refractivity contribution in [2.75, 3.05) is 20.7 Å². The molecule has 3 aromatic carbocycles. The highest BCUT2D eigenvalue weighted by Crippen LogP contribution is 2.30. The Balaban J connectivity index is 1.67. The van der Waals surface area contributed by atoms with E-state index in [2.05, 4.69) is 92.8 Å². The van der Waals surface area contributed by atoms with Crippen LogP contribution < -0.4 is 0 Å². The van der Waals surface area contributed by atoms with E-state index in [0.717, 1.165) is 19.4 Å². The summed E-state index contributed by atoms with van der Waals surface area (Å²) < 4.78 is 7.24. The van der Waals surface area contributed by atoms with Gasteiger partial charge in [0.1, 0.15) is 0 Å². The van der Waals surface area contributed by atoms with E-state index in [4.69, 9.17) is 4.18 Å². The van der Waals surface area contributed by atoms with Gasteiger partial charge in [0, 0.05) is 6.54 Å². The molecule has 0 heterocycles. The van der Waals surface area contributed by atoms with Gasteiger partial charge in [0.15, 0.2) is 0 Å². The Labute approximate surface area is 205 Å². The normalized spacial score (nSPS) is 11.3. The molecule has 0 aliphatic heterocycles. The van der Waals surface area contributed by atoms with E-state index in [0.29, 0.717) is 0 Å². The summed E-state index contributed by atoms with van der Waals surface area (Å²) in [6, 6.07) is 22.9. The van der Waals surface area contributed by atoms with Gasteiger partial charge in [0.25, 0.3) is 0 Å². The summed E-state index contributed by atoms with van der Waals surface area (Å²) in [5, 5.41) is 0. The molecular weight excluding hydrogens is 422 g/mol. The van der Waals surface area contributed by atoms with Gasteiger partial charge in [-0.3, -0.25) is 0 Å². The van der Waals surface area contributed by atoms with Crippen LogP contribution in [0.4, 0.5) is 0 Å². The summed E-state index contributed by atoms with van der Waals surface area (Å²) >= 11 is 1.41. The Morgan fingerprint density at radius 2 is 1.45 bits per heavy atom. The van der Waals surface area contributed by atoms with Crippen LogP contribution in [0.25, 0.3) is 22.3 Å². The van der Waals surface area contributed by atoms with Gasteiger partial charge < -0.3 is 4.18 Å². The standard InChI is InChI=1S/C30H39NOS/c1-6-7-8-10-25-12-14-27(15-13-25)28-18-19-30(24(3)22-28)29-17-16-26(23(2)21-29)11-9-20-31(4)33-32-5/h12-19,21-22H,6-11,20H2,1-5H3. The first-order valence-corrected chi connectivity index (χ1v) is 12.9. The van der Waals surface area contributed by atoms with Crippen molar-refractivity contribution in [2.24, 2.45) is 0 Å². The molecule has 0 amide bonds. The monoisotopic (exact) mass is 461 g/mol. The SMILES string of the molecule is CCCCCc1ccc(-c2ccc(-c3ccc(CCCN(C)SOC)c(C)c3)c(C)c2)cc1. The second-order valence-corrected chi connectivity index (χ2v) is 10.1. The average Bonchev–Trinajstić information content (AvgIpc) is 2.81. The second-order valence-electron chi connectivity index (χ2n) is 9.02. The summed E-state index contributed by atoms with van der Waals surface area (Å²) in [5.41, 5.74) is 10.8. The molecule has 0 aliphatic rings. The van der Waals surface area contributed by atoms with Gasteiger partial charge in [-0.15, -0.1) is 0 Å². The number of aryl methyl sites for hydroxylation is 4. The number of benzene rings is 3. The van der Waals surface area contributed by atoms with E-state index < -0.39 is 0 Å². The molecule has 176 valence electrons. The molecule has 0 spiro atoms. The molecule has 0 unspecified atom stereocenters. The van der Waals surface area contributed by atoms with Crippen molar-refractivity contribution in [3.63, 3.8) is 0 Å². The molecule has 0 bridgehead atoms. The van der Waals surface area contributed by atoms with Gasteiger partial charge >= 0.3 is 0 Å². The lowest BCUT2D eigenvalue weighted by Crippen LogP contribution is -2.11. The van der Waals surface area contributed by atoms with Crippen LogP contribution >= 0.6 is 12.2 Å². The van der Waals surface area contributed by atoms with Crippen LogP contribution in [-0.2, 0) is 17.0 Å². The summed E-state index contributed by atoms with van der Waals surface area (Å²) in [7, 11) is 3.78. The van der Waals surface area contributed by atoms with Gasteiger partial charge in [-0.25, -0.2) is 4.31 Å². The predicted octanol–water partition coefficient (Wildman–Crippen LogP) is 8.44. The lowest BCUT2D eigenvalue weighted by Gasteiger charge is -2.15. The fourth-order valence-electron chi connectivity index (χ4n) is 4.41. The number of rotatable bonds is 12. The zero-order valence-corrected chi connectivity index (χ0v) is 21.8. The van der Waals surface area contributed by atoms with Crippen LogP contribution in [0, 0.1) is 13.8 Å². The molecule has 0 saturated heterocycles. The minimum Gasteiger partial charge on any atom is -0.304 e. The minimum absolute atomic E-state index is 1.01. The zero-order valence-electron chi connectivity index (χ0n) is 21.0. The van der Waals surface area contributed by atoms with Crippen molar-refractivity contribution >= 4 is 12.2 Å². The predicted molar refractivity (Wildman–Crippen MR) is 146 cm³/mol. The highest BCUT2D eigenvalue weighted by Gasteiger charge is 2.08. The van der Waals surface area contributed by atoms with Crippen molar-refractivity contribution in [1.82, 2.24) is 4.31 Å². The van der Waals surface area contributed by atoms with Crippen LogP contribution in [0.1, 0.15) is 54.9 Å². The molecule has 0 N–H and O–H groups in total. The van der Waals surface area contributed by atoms with Gasteiger partial charge in [-0.1, -0.05) is 80.4 Å². The summed E-state index contributed by atoms with van der Waals surface area (Å²) in [6.07, 6.45) is 7.27. The van der Waals surface area contributed by atoms with Crippen molar-refractivity contribution in [2.45, 2.75) is 59.3 Å². The Morgan fingerprint density at radius 1 is 0.758 bits per heavy atom. The topological polar surface area (TPSA) is 12.5 Å². The van der Waals surface area contributed by atoms with E-state index >= 15 is 0 Å². The molecule has 0 radical (unpaired) electrons. The van der Waals surface area contributed by atoms with Crippen LogP contribution in [-0.4, -0.2) is 25.0 Å². The van der Waals surface area contributed by atoms with E-state index in [-0.39, 0.29) is 0 Å². The molecular formula is C30H39NOS. The number of hydrogen-bond acceptors (Lipinski definition) is 3. The fraction of sp³-hybridized carbons (Fsp3) is 0.400. The number of nitrogens with zero attached hydrogens (tertiary/aromatic N) is 1. The first kappa shape index (κ1) is 25.6. The largest absolute Gasteiger partial charge is 0.304 e. The Kier molecular flexibility index (Phi) is 10.1. The van der Waals surface area contributed by atoms with Crippen molar-refractivity contribution in [1.29, 1.82) is 0 Å². The van der Waals surface area contributed by atoms with Crippen LogP contribution in [0.5, 0.6) is 0 Å². The van der Waals surface area contributed by atoms with Gasteiger partial charge in [-0.05, 0) is 91.1 Å². The zero-order chi connectivity index (χ0) is 23.6. The molecule has 3 heteroatoms. The smallest absolute Gasteiger partial charge is 0.0813 e. The lowest BCUT2D eigenvalue weighted by atomic mass is 9.92. The highest BCUT2D eigenvalue weighted by atomic mass is 32.2. The van der Waals surface area contributed by atoms with Crippen molar-refractivity contribution in [3.8, 4) is 22.3 Å². The van der Waals surface area contributed by atoms with Crippen molar-refractivity contribution < 1.29 is 4.18 Å². The fourth-order valence-corrected chi connectivity index (χ4v) is 4.87. The third kappa shape index (κ3) is 7.46. The number of unbranched alkanes of at least 4 members (excludes halogenated alkanes) is 2. The molecule has 0 atom stereocenters. The third-order valence-electron chi connectivity index (χ3n) is 6.36. The lowest BCUT2D eigenvalue weighted by molar-refractivity contribution is 0.431. The minimum atomic E-state index is 1.01. The molecule has 0 aliphatic carbocycles. The summed E-state index contributed by atoms with van der Waals surface area (Å²) in [5.74, 6) is 0. The van der Waals surface area contributed by atoms with E-state index in [1.165, 1.54) is 82.4 Å². The average molecular weight is 462 g/mol. The summed E-state index contributed by atoms with van der Waals surface area (Å²) in [6.45, 7) is 7.73. The molecule has 3 aromatic rings. The molecule has 0 aromatic heterocycles. The van der Waals surface area contributed by atoms with Crippen LogP contribution in [0.3, 0.4) is 0 Å². The van der Waals surface area contributed by atoms with E-state index in [1.54, 1.807) is 7.11 Å². The summed E-state index contributed by atoms with van der Waals surface area (Å²) in [4.78, 5) is 0. The molecule has 2 nitrogen and oxygen atoms in total. The molecule has 0 fully saturated rings. The quantitative estimate of drug-likeness (QED) is 0.152. The first-order valence-electron chi connectivity index (χ1n) is 12.2. The maximum atomic E-state index is 5.11. The maximum absolute atomic E-state index is 5.11. The maximum Gasteiger partial charge on any atom is 0.0813 e. The van der Waals surface area contributed by atoms with Gasteiger partial charge in [-0.2, -0.15) is 0 Å². The van der Waals surface area contributed by atoms with Crippen molar-refractivity contribution in [3.05, 3.63) is 82.9 Å². The first-order chi connectivity index (χ1) is 16.0. The number of hydrogen-bond donors (Lipinski definition) is 0. The van der Waals surface area contributed by atoms with E-state index in [9.17, 15) is 0 Å². The highest BCUT2D eigenvalue weighted by molar-refractivity contribution is 7.92. The van der Waals surface area contributed by atoms with Crippen LogP contribution in [0.2, 0.25) is 0 Å². The second kappa shape index (κ2) is 13.0. The van der Waals surface area contributed by atoms with Gasteiger partial charge in [0.05, 0.1) is 19.3 Å². The van der Waals surface area contributed by atoms with Gasteiger partial charge in [0.2, 0.25) is 0 Å². The molecule has 3 rings (SSSR count).